The van der Waals surface area contributed by atoms with Crippen LogP contribution in [0.2, 0.25) is 0 Å². The number of aromatic nitrogens is 1. The molecule has 170 valence electrons. The molecule has 2 amide bonds. The van der Waals surface area contributed by atoms with Crippen molar-refractivity contribution in [2.75, 3.05) is 38.2 Å². The van der Waals surface area contributed by atoms with E-state index in [0.29, 0.717) is 43.9 Å². The van der Waals surface area contributed by atoms with Crippen LogP contribution >= 0.6 is 0 Å². The van der Waals surface area contributed by atoms with Crippen molar-refractivity contribution in [3.05, 3.63) is 89.2 Å². The van der Waals surface area contributed by atoms with Gasteiger partial charge in [-0.3, -0.25) is 14.6 Å². The summed E-state index contributed by atoms with van der Waals surface area (Å²) < 4.78 is 5.40. The van der Waals surface area contributed by atoms with E-state index >= 15 is 0 Å². The Bertz CT molecular complexity index is 1120. The summed E-state index contributed by atoms with van der Waals surface area (Å²) in [6, 6.07) is 16.8. The normalized spacial score (nSPS) is 13.5. The lowest BCUT2D eigenvalue weighted by molar-refractivity contribution is 0.0746. The standard InChI is InChI=1S/C26H28N4O3/c1-19-4-3-5-20(16-19)17-28-25(31)21-6-8-22(9-7-21)26(32)30-14-12-29(13-15-30)23-10-11-27-18-24(23)33-2/h3-11,16,18H,12-15,17H2,1-2H3,(H,28,31). The second-order valence-electron chi connectivity index (χ2n) is 8.08. The van der Waals surface area contributed by atoms with Crippen LogP contribution in [0.1, 0.15) is 31.8 Å². The number of anilines is 1. The first-order chi connectivity index (χ1) is 16.0. The first-order valence-corrected chi connectivity index (χ1v) is 11.0. The molecule has 1 aromatic heterocycles. The largest absolute Gasteiger partial charge is 0.493 e. The minimum Gasteiger partial charge on any atom is -0.493 e. The Kier molecular flexibility index (Phi) is 6.88. The Hall–Kier alpha value is -3.87. The number of nitrogens with zero attached hydrogens (tertiary/aromatic N) is 3. The van der Waals surface area contributed by atoms with Crippen LogP contribution in [-0.4, -0.2) is 55.0 Å². The molecular formula is C26H28N4O3. The molecule has 0 aliphatic carbocycles. The summed E-state index contributed by atoms with van der Waals surface area (Å²) in [7, 11) is 1.63. The van der Waals surface area contributed by atoms with Gasteiger partial charge in [0.05, 0.1) is 19.0 Å². The molecule has 3 aromatic rings. The number of amides is 2. The SMILES string of the molecule is COc1cnccc1N1CCN(C(=O)c2ccc(C(=O)NCc3cccc(C)c3)cc2)CC1. The van der Waals surface area contributed by atoms with E-state index < -0.39 is 0 Å². The lowest BCUT2D eigenvalue weighted by Gasteiger charge is -2.36. The van der Waals surface area contributed by atoms with E-state index in [4.69, 9.17) is 4.74 Å². The zero-order chi connectivity index (χ0) is 23.2. The number of nitrogens with one attached hydrogen (secondary N) is 1. The molecule has 1 fully saturated rings. The van der Waals surface area contributed by atoms with E-state index in [0.717, 1.165) is 22.6 Å². The lowest BCUT2D eigenvalue weighted by atomic mass is 10.1. The van der Waals surface area contributed by atoms with Gasteiger partial charge in [-0.05, 0) is 42.8 Å². The number of benzene rings is 2. The number of hydrogen-bond acceptors (Lipinski definition) is 5. The molecule has 33 heavy (non-hydrogen) atoms. The van der Waals surface area contributed by atoms with E-state index in [9.17, 15) is 9.59 Å². The molecule has 0 radical (unpaired) electrons. The van der Waals surface area contributed by atoms with Gasteiger partial charge in [0.1, 0.15) is 0 Å². The quantitative estimate of drug-likeness (QED) is 0.632. The first-order valence-electron chi connectivity index (χ1n) is 11.0. The summed E-state index contributed by atoms with van der Waals surface area (Å²) in [5.41, 5.74) is 4.32. The number of carbonyl (C=O) groups is 2. The number of aryl methyl sites for hydroxylation is 1. The average Bonchev–Trinajstić information content (AvgIpc) is 2.87. The summed E-state index contributed by atoms with van der Waals surface area (Å²) in [6.07, 6.45) is 3.44. The van der Waals surface area contributed by atoms with Gasteiger partial charge in [-0.2, -0.15) is 0 Å². The zero-order valence-corrected chi connectivity index (χ0v) is 19.0. The summed E-state index contributed by atoms with van der Waals surface area (Å²) in [5.74, 6) is 0.548. The average molecular weight is 445 g/mol. The number of rotatable bonds is 6. The third-order valence-electron chi connectivity index (χ3n) is 5.82. The second kappa shape index (κ2) is 10.2. The van der Waals surface area contributed by atoms with Gasteiger partial charge in [0.25, 0.3) is 11.8 Å². The highest BCUT2D eigenvalue weighted by molar-refractivity contribution is 5.98. The minimum atomic E-state index is -0.157. The number of carbonyl (C=O) groups excluding carboxylic acids is 2. The fourth-order valence-corrected chi connectivity index (χ4v) is 3.99. The Morgan fingerprint density at radius 3 is 2.42 bits per heavy atom. The Morgan fingerprint density at radius 1 is 1.00 bits per heavy atom. The molecule has 7 heteroatoms. The highest BCUT2D eigenvalue weighted by Crippen LogP contribution is 2.27. The van der Waals surface area contributed by atoms with Gasteiger partial charge in [0.15, 0.2) is 5.75 Å². The Balaban J connectivity index is 1.32. The molecule has 1 aliphatic rings. The van der Waals surface area contributed by atoms with Crippen molar-refractivity contribution in [2.45, 2.75) is 13.5 Å². The molecule has 1 N–H and O–H groups in total. The van der Waals surface area contributed by atoms with E-state index in [-0.39, 0.29) is 11.8 Å². The third kappa shape index (κ3) is 5.31. The van der Waals surface area contributed by atoms with Gasteiger partial charge >= 0.3 is 0 Å². The van der Waals surface area contributed by atoms with E-state index in [2.05, 4.69) is 15.2 Å². The molecule has 1 saturated heterocycles. The maximum atomic E-state index is 13.0. The fourth-order valence-electron chi connectivity index (χ4n) is 3.99. The molecule has 0 atom stereocenters. The molecule has 4 rings (SSSR count). The van der Waals surface area contributed by atoms with Gasteiger partial charge in [0.2, 0.25) is 0 Å². The van der Waals surface area contributed by atoms with Crippen molar-refractivity contribution < 1.29 is 14.3 Å². The van der Waals surface area contributed by atoms with Crippen LogP contribution in [0.4, 0.5) is 5.69 Å². The van der Waals surface area contributed by atoms with Gasteiger partial charge in [-0.1, -0.05) is 29.8 Å². The molecular weight excluding hydrogens is 416 g/mol. The van der Waals surface area contributed by atoms with Crippen LogP contribution in [0.15, 0.2) is 67.0 Å². The summed E-state index contributed by atoms with van der Waals surface area (Å²) >= 11 is 0. The van der Waals surface area contributed by atoms with Gasteiger partial charge in [-0.25, -0.2) is 0 Å². The third-order valence-corrected chi connectivity index (χ3v) is 5.82. The first kappa shape index (κ1) is 22.3. The van der Waals surface area contributed by atoms with Gasteiger partial charge < -0.3 is 19.9 Å². The Morgan fingerprint density at radius 2 is 1.73 bits per heavy atom. The maximum Gasteiger partial charge on any atom is 0.253 e. The molecule has 1 aliphatic heterocycles. The predicted molar refractivity (Wildman–Crippen MR) is 128 cm³/mol. The molecule has 2 heterocycles. The predicted octanol–water partition coefficient (Wildman–Crippen LogP) is 3.29. The van der Waals surface area contributed by atoms with Crippen molar-refractivity contribution in [3.8, 4) is 5.75 Å². The van der Waals surface area contributed by atoms with E-state index in [1.807, 2.05) is 42.2 Å². The second-order valence-corrected chi connectivity index (χ2v) is 8.08. The highest BCUT2D eigenvalue weighted by Gasteiger charge is 2.24. The molecule has 0 unspecified atom stereocenters. The summed E-state index contributed by atoms with van der Waals surface area (Å²) in [4.78, 5) is 33.6. The molecule has 0 bridgehead atoms. The van der Waals surface area contributed by atoms with Crippen LogP contribution in [0, 0.1) is 6.92 Å². The van der Waals surface area contributed by atoms with Crippen molar-refractivity contribution in [2.24, 2.45) is 0 Å². The Labute approximate surface area is 194 Å². The fraction of sp³-hybridized carbons (Fsp3) is 0.269. The zero-order valence-electron chi connectivity index (χ0n) is 19.0. The smallest absolute Gasteiger partial charge is 0.253 e. The van der Waals surface area contributed by atoms with Crippen molar-refractivity contribution in [3.63, 3.8) is 0 Å². The summed E-state index contributed by atoms with van der Waals surface area (Å²) in [6.45, 7) is 5.15. The highest BCUT2D eigenvalue weighted by atomic mass is 16.5. The van der Waals surface area contributed by atoms with Gasteiger partial charge in [-0.15, -0.1) is 0 Å². The van der Waals surface area contributed by atoms with Gasteiger partial charge in [0, 0.05) is 50.0 Å². The van der Waals surface area contributed by atoms with E-state index in [1.165, 1.54) is 0 Å². The van der Waals surface area contributed by atoms with Crippen molar-refractivity contribution in [1.82, 2.24) is 15.2 Å². The van der Waals surface area contributed by atoms with Crippen molar-refractivity contribution >= 4 is 17.5 Å². The molecule has 2 aromatic carbocycles. The van der Waals surface area contributed by atoms with Crippen LogP contribution in [-0.2, 0) is 6.54 Å². The lowest BCUT2D eigenvalue weighted by Crippen LogP contribution is -2.48. The number of ether oxygens (including phenoxy) is 1. The number of methoxy groups -OCH3 is 1. The van der Waals surface area contributed by atoms with E-state index in [1.54, 1.807) is 43.8 Å². The molecule has 0 spiro atoms. The monoisotopic (exact) mass is 444 g/mol. The van der Waals surface area contributed by atoms with Crippen LogP contribution in [0.5, 0.6) is 5.75 Å². The van der Waals surface area contributed by atoms with Crippen molar-refractivity contribution in [1.29, 1.82) is 0 Å². The molecule has 0 saturated carbocycles. The number of pyridine rings is 1. The minimum absolute atomic E-state index is 0.0249. The maximum absolute atomic E-state index is 13.0. The number of hydrogen-bond donors (Lipinski definition) is 1. The van der Waals surface area contributed by atoms with Crippen LogP contribution in [0.3, 0.4) is 0 Å². The topological polar surface area (TPSA) is 74.8 Å². The molecule has 7 nitrogen and oxygen atoms in total. The number of piperazine rings is 1. The summed E-state index contributed by atoms with van der Waals surface area (Å²) in [5, 5.41) is 2.93. The van der Waals surface area contributed by atoms with Crippen LogP contribution < -0.4 is 15.0 Å². The van der Waals surface area contributed by atoms with Crippen LogP contribution in [0.25, 0.3) is 0 Å².